The fourth-order valence-corrected chi connectivity index (χ4v) is 3.30. The molecule has 0 atom stereocenters. The lowest BCUT2D eigenvalue weighted by Crippen LogP contribution is -1.85. The summed E-state index contributed by atoms with van der Waals surface area (Å²) in [7, 11) is -4.61. The fraction of sp³-hybridized carbons (Fsp3) is 0. The van der Waals surface area contributed by atoms with Crippen LogP contribution < -0.4 is 0 Å². The molecule has 0 amide bonds. The number of halogens is 2. The van der Waals surface area contributed by atoms with Crippen molar-refractivity contribution in [3.63, 3.8) is 0 Å². The van der Waals surface area contributed by atoms with Gasteiger partial charge in [0.25, 0.3) is 0 Å². The number of aromatic nitrogens is 1. The molecule has 0 saturated carbocycles. The lowest BCUT2D eigenvalue weighted by molar-refractivity contribution is 0.554. The first-order chi connectivity index (χ1) is 6.48. The van der Waals surface area contributed by atoms with Gasteiger partial charge >= 0.3 is 10.2 Å². The molecule has 0 aliphatic heterocycles. The molecule has 0 spiro atoms. The number of fused-ring (bicyclic) bond motifs is 1. The highest BCUT2D eigenvalue weighted by Gasteiger charge is 2.16. The lowest BCUT2D eigenvalue weighted by Gasteiger charge is -1.89. The molecule has 0 radical (unpaired) electrons. The Morgan fingerprint density at radius 1 is 1.43 bits per heavy atom. The molecule has 2 heterocycles. The van der Waals surface area contributed by atoms with Gasteiger partial charge in [0, 0.05) is 17.8 Å². The van der Waals surface area contributed by atoms with Crippen molar-refractivity contribution in [1.82, 2.24) is 4.98 Å². The van der Waals surface area contributed by atoms with Crippen LogP contribution in [0.2, 0.25) is 0 Å². The molecule has 0 bridgehead atoms. The van der Waals surface area contributed by atoms with Gasteiger partial charge in [-0.05, 0) is 22.0 Å². The fourth-order valence-electron chi connectivity index (χ4n) is 1.03. The lowest BCUT2D eigenvalue weighted by atomic mass is 10.3. The van der Waals surface area contributed by atoms with E-state index in [-0.39, 0.29) is 4.21 Å². The van der Waals surface area contributed by atoms with Crippen LogP contribution in [0.5, 0.6) is 0 Å². The second-order valence-corrected chi connectivity index (χ2v) is 6.02. The van der Waals surface area contributed by atoms with E-state index in [4.69, 9.17) is 0 Å². The highest BCUT2D eigenvalue weighted by molar-refractivity contribution is 9.10. The first-order valence-corrected chi connectivity index (χ1v) is 6.45. The molecule has 0 unspecified atom stereocenters. The third-order valence-corrected chi connectivity index (χ3v) is 4.89. The van der Waals surface area contributed by atoms with Crippen LogP contribution in [0.1, 0.15) is 0 Å². The molecular weight excluding hydrogens is 293 g/mol. The van der Waals surface area contributed by atoms with Gasteiger partial charge in [0.1, 0.15) is 0 Å². The van der Waals surface area contributed by atoms with Gasteiger partial charge in [-0.2, -0.15) is 8.42 Å². The summed E-state index contributed by atoms with van der Waals surface area (Å²) in [4.78, 5) is 3.85. The molecule has 2 rings (SSSR count). The molecule has 0 N–H and O–H groups in total. The molecule has 7 heteroatoms. The minimum absolute atomic E-state index is 0.291. The summed E-state index contributed by atoms with van der Waals surface area (Å²) < 4.78 is 34.9. The average Bonchev–Trinajstić information content (AvgIpc) is 2.48. The minimum Gasteiger partial charge on any atom is -0.263 e. The van der Waals surface area contributed by atoms with Gasteiger partial charge in [-0.1, -0.05) is 3.89 Å². The molecule has 14 heavy (non-hydrogen) atoms. The molecule has 3 nitrogen and oxygen atoms in total. The highest BCUT2D eigenvalue weighted by Crippen LogP contribution is 2.34. The Hall–Kier alpha value is -0.530. The molecule has 0 saturated heterocycles. The molecule has 0 fully saturated rings. The SMILES string of the molecule is O=S(=O)(F)c1cc2cncc(Br)c2s1. The van der Waals surface area contributed by atoms with E-state index in [1.807, 2.05) is 0 Å². The van der Waals surface area contributed by atoms with Crippen molar-refractivity contribution >= 4 is 47.6 Å². The molecule has 0 aliphatic carbocycles. The molecule has 0 aromatic carbocycles. The minimum atomic E-state index is -4.61. The largest absolute Gasteiger partial charge is 0.341 e. The number of thiophene rings is 1. The van der Waals surface area contributed by atoms with Crippen LogP contribution in [-0.4, -0.2) is 13.4 Å². The maximum Gasteiger partial charge on any atom is 0.341 e. The number of hydrogen-bond acceptors (Lipinski definition) is 4. The Kier molecular flexibility index (Phi) is 2.32. The molecule has 2 aromatic heterocycles. The normalized spacial score (nSPS) is 12.1. The van der Waals surface area contributed by atoms with E-state index in [9.17, 15) is 12.3 Å². The van der Waals surface area contributed by atoms with Gasteiger partial charge in [0.2, 0.25) is 0 Å². The van der Waals surface area contributed by atoms with E-state index in [0.717, 1.165) is 11.3 Å². The van der Waals surface area contributed by atoms with E-state index < -0.39 is 10.2 Å². The van der Waals surface area contributed by atoms with Crippen LogP contribution >= 0.6 is 27.3 Å². The van der Waals surface area contributed by atoms with Crippen LogP contribution in [0.4, 0.5) is 3.89 Å². The molecule has 2 aromatic rings. The van der Waals surface area contributed by atoms with Crippen molar-refractivity contribution in [2.45, 2.75) is 4.21 Å². The Morgan fingerprint density at radius 3 is 2.71 bits per heavy atom. The van der Waals surface area contributed by atoms with E-state index in [0.29, 0.717) is 14.6 Å². The summed E-state index contributed by atoms with van der Waals surface area (Å²) in [5.41, 5.74) is 0. The zero-order valence-corrected chi connectivity index (χ0v) is 9.79. The van der Waals surface area contributed by atoms with Crippen LogP contribution in [-0.2, 0) is 10.2 Å². The Morgan fingerprint density at radius 2 is 2.14 bits per heavy atom. The number of hydrogen-bond donors (Lipinski definition) is 0. The van der Waals surface area contributed by atoms with Crippen molar-refractivity contribution in [1.29, 1.82) is 0 Å². The number of nitrogens with zero attached hydrogens (tertiary/aromatic N) is 1. The van der Waals surface area contributed by atoms with Crippen LogP contribution in [0.15, 0.2) is 27.1 Å². The molecule has 0 aliphatic rings. The van der Waals surface area contributed by atoms with Crippen LogP contribution in [0, 0.1) is 0 Å². The van der Waals surface area contributed by atoms with Crippen LogP contribution in [0.3, 0.4) is 0 Å². The first kappa shape index (κ1) is 10.0. The van der Waals surface area contributed by atoms with Crippen molar-refractivity contribution in [2.24, 2.45) is 0 Å². The monoisotopic (exact) mass is 295 g/mol. The Balaban J connectivity index is 2.81. The first-order valence-electron chi connectivity index (χ1n) is 3.46. The topological polar surface area (TPSA) is 47.0 Å². The Bertz CT molecular complexity index is 593. The van der Waals surface area contributed by atoms with Crippen LogP contribution in [0.25, 0.3) is 10.1 Å². The van der Waals surface area contributed by atoms with Gasteiger partial charge < -0.3 is 0 Å². The van der Waals surface area contributed by atoms with E-state index >= 15 is 0 Å². The van der Waals surface area contributed by atoms with Crippen molar-refractivity contribution in [3.05, 3.63) is 22.9 Å². The van der Waals surface area contributed by atoms with Gasteiger partial charge in [-0.25, -0.2) is 0 Å². The standard InChI is InChI=1S/C7H3BrFNO2S2/c8-5-3-10-2-4-1-6(13-7(4)5)14(9,11)12/h1-3H. The van der Waals surface area contributed by atoms with E-state index in [1.54, 1.807) is 0 Å². The summed E-state index contributed by atoms with van der Waals surface area (Å²) >= 11 is 4.09. The zero-order valence-electron chi connectivity index (χ0n) is 6.57. The van der Waals surface area contributed by atoms with Crippen molar-refractivity contribution < 1.29 is 12.3 Å². The number of rotatable bonds is 1. The van der Waals surface area contributed by atoms with E-state index in [1.165, 1.54) is 18.5 Å². The average molecular weight is 296 g/mol. The van der Waals surface area contributed by atoms with Gasteiger partial charge in [-0.15, -0.1) is 11.3 Å². The summed E-state index contributed by atoms with van der Waals surface area (Å²) in [6.45, 7) is 0. The predicted molar refractivity (Wildman–Crippen MR) is 55.6 cm³/mol. The second kappa shape index (κ2) is 3.25. The van der Waals surface area contributed by atoms with Gasteiger partial charge in [0.15, 0.2) is 4.21 Å². The summed E-state index contributed by atoms with van der Waals surface area (Å²) in [6, 6.07) is 1.27. The van der Waals surface area contributed by atoms with Gasteiger partial charge in [0.05, 0.1) is 9.17 Å². The smallest absolute Gasteiger partial charge is 0.263 e. The maximum absolute atomic E-state index is 12.6. The quantitative estimate of drug-likeness (QED) is 0.760. The summed E-state index contributed by atoms with van der Waals surface area (Å²) in [6.07, 6.45) is 3.03. The number of pyridine rings is 1. The summed E-state index contributed by atoms with van der Waals surface area (Å²) in [5, 5.41) is 0.612. The second-order valence-electron chi connectivity index (χ2n) is 2.54. The third-order valence-electron chi connectivity index (χ3n) is 1.60. The molecular formula is C7H3BrFNO2S2. The van der Waals surface area contributed by atoms with E-state index in [2.05, 4.69) is 20.9 Å². The highest BCUT2D eigenvalue weighted by atomic mass is 79.9. The zero-order chi connectivity index (χ0) is 10.3. The Labute approximate surface area is 91.9 Å². The van der Waals surface area contributed by atoms with Crippen molar-refractivity contribution in [3.8, 4) is 0 Å². The maximum atomic E-state index is 12.6. The van der Waals surface area contributed by atoms with Crippen molar-refractivity contribution in [2.75, 3.05) is 0 Å². The summed E-state index contributed by atoms with van der Waals surface area (Å²) in [5.74, 6) is 0. The molecule has 74 valence electrons. The third kappa shape index (κ3) is 1.67. The predicted octanol–water partition coefficient (Wildman–Crippen LogP) is 2.72. The van der Waals surface area contributed by atoms with Gasteiger partial charge in [-0.3, -0.25) is 4.98 Å².